The van der Waals surface area contributed by atoms with Crippen LogP contribution in [0, 0.1) is 16.0 Å². The minimum Gasteiger partial charge on any atom is -0.487 e. The molecule has 1 aliphatic carbocycles. The fourth-order valence-electron chi connectivity index (χ4n) is 2.26. The van der Waals surface area contributed by atoms with Gasteiger partial charge in [0.25, 0.3) is 0 Å². The molecule has 0 amide bonds. The van der Waals surface area contributed by atoms with Gasteiger partial charge in [-0.1, -0.05) is 11.6 Å². The van der Waals surface area contributed by atoms with Gasteiger partial charge in [-0.15, -0.1) is 0 Å². The largest absolute Gasteiger partial charge is 0.487 e. The SMILES string of the molecule is O=C1CCCC1CCOc1ccc(Cl)cc1[N+](=O)[O-]. The van der Waals surface area contributed by atoms with Crippen molar-refractivity contribution in [2.75, 3.05) is 6.61 Å². The zero-order valence-electron chi connectivity index (χ0n) is 10.3. The Morgan fingerprint density at radius 3 is 2.89 bits per heavy atom. The molecule has 0 aliphatic heterocycles. The van der Waals surface area contributed by atoms with E-state index < -0.39 is 4.92 Å². The predicted molar refractivity (Wildman–Crippen MR) is 70.6 cm³/mol. The van der Waals surface area contributed by atoms with E-state index in [0.29, 0.717) is 24.5 Å². The summed E-state index contributed by atoms with van der Waals surface area (Å²) in [5.74, 6) is 0.514. The summed E-state index contributed by atoms with van der Waals surface area (Å²) in [5.41, 5.74) is -0.148. The third kappa shape index (κ3) is 3.44. The number of nitro groups is 1. The zero-order valence-corrected chi connectivity index (χ0v) is 11.1. The molecule has 2 rings (SSSR count). The topological polar surface area (TPSA) is 69.4 Å². The van der Waals surface area contributed by atoms with Crippen molar-refractivity contribution in [1.29, 1.82) is 0 Å². The maximum Gasteiger partial charge on any atom is 0.312 e. The fourth-order valence-corrected chi connectivity index (χ4v) is 2.43. The first-order valence-electron chi connectivity index (χ1n) is 6.17. The summed E-state index contributed by atoms with van der Waals surface area (Å²) in [6, 6.07) is 4.29. The number of nitrogens with zero attached hydrogens (tertiary/aromatic N) is 1. The molecule has 0 aromatic heterocycles. The quantitative estimate of drug-likeness (QED) is 0.613. The predicted octanol–water partition coefficient (Wildman–Crippen LogP) is 3.39. The Balaban J connectivity index is 1.95. The minimum absolute atomic E-state index is 0.0476. The lowest BCUT2D eigenvalue weighted by Gasteiger charge is -2.10. The van der Waals surface area contributed by atoms with Crippen molar-refractivity contribution < 1.29 is 14.5 Å². The first-order valence-corrected chi connectivity index (χ1v) is 6.55. The molecule has 102 valence electrons. The molecule has 1 atom stereocenters. The summed E-state index contributed by atoms with van der Waals surface area (Å²) in [7, 11) is 0. The summed E-state index contributed by atoms with van der Waals surface area (Å²) in [6.45, 7) is 0.304. The van der Waals surface area contributed by atoms with Crippen molar-refractivity contribution in [2.24, 2.45) is 5.92 Å². The van der Waals surface area contributed by atoms with Gasteiger partial charge in [0.05, 0.1) is 11.5 Å². The van der Waals surface area contributed by atoms with Gasteiger partial charge in [0.1, 0.15) is 5.78 Å². The number of nitro benzene ring substituents is 1. The van der Waals surface area contributed by atoms with Crippen LogP contribution in [0.3, 0.4) is 0 Å². The van der Waals surface area contributed by atoms with Gasteiger partial charge in [0.15, 0.2) is 5.75 Å². The molecule has 6 heteroatoms. The molecular formula is C13H14ClNO4. The molecule has 0 saturated heterocycles. The van der Waals surface area contributed by atoms with E-state index in [9.17, 15) is 14.9 Å². The number of rotatable bonds is 5. The Kier molecular flexibility index (Phi) is 4.37. The summed E-state index contributed by atoms with van der Waals surface area (Å²) < 4.78 is 5.41. The third-order valence-corrected chi connectivity index (χ3v) is 3.51. The number of hydrogen-bond donors (Lipinski definition) is 0. The van der Waals surface area contributed by atoms with Crippen LogP contribution in [0.5, 0.6) is 5.75 Å². The number of Topliss-reactive ketones (excluding diaryl/α,β-unsaturated/α-hetero) is 1. The normalized spacial score (nSPS) is 18.6. The van der Waals surface area contributed by atoms with E-state index in [-0.39, 0.29) is 23.1 Å². The summed E-state index contributed by atoms with van der Waals surface area (Å²) >= 11 is 5.71. The van der Waals surface area contributed by atoms with Gasteiger partial charge in [-0.25, -0.2) is 0 Å². The Hall–Kier alpha value is -1.62. The van der Waals surface area contributed by atoms with E-state index in [2.05, 4.69) is 0 Å². The molecule has 1 saturated carbocycles. The molecule has 0 spiro atoms. The Bertz CT molecular complexity index is 503. The van der Waals surface area contributed by atoms with E-state index in [1.165, 1.54) is 12.1 Å². The number of benzene rings is 1. The van der Waals surface area contributed by atoms with Gasteiger partial charge in [-0.2, -0.15) is 0 Å². The second-order valence-electron chi connectivity index (χ2n) is 4.56. The lowest BCUT2D eigenvalue weighted by molar-refractivity contribution is -0.385. The lowest BCUT2D eigenvalue weighted by Crippen LogP contribution is -2.11. The summed E-state index contributed by atoms with van der Waals surface area (Å²) in [6.07, 6.45) is 3.08. The van der Waals surface area contributed by atoms with Crippen LogP contribution < -0.4 is 4.74 Å². The molecule has 1 fully saturated rings. The number of carbonyl (C=O) groups is 1. The minimum atomic E-state index is -0.526. The molecule has 1 aromatic carbocycles. The molecule has 1 unspecified atom stereocenters. The van der Waals surface area contributed by atoms with E-state index in [1.54, 1.807) is 6.07 Å². The van der Waals surface area contributed by atoms with Gasteiger partial charge in [-0.3, -0.25) is 14.9 Å². The number of ether oxygens (including phenoxy) is 1. The second-order valence-corrected chi connectivity index (χ2v) is 5.00. The third-order valence-electron chi connectivity index (χ3n) is 3.27. The van der Waals surface area contributed by atoms with E-state index in [0.717, 1.165) is 12.8 Å². The maximum atomic E-state index is 11.5. The average Bonchev–Trinajstić information content (AvgIpc) is 2.77. The summed E-state index contributed by atoms with van der Waals surface area (Å²) in [4.78, 5) is 21.8. The summed E-state index contributed by atoms with van der Waals surface area (Å²) in [5, 5.41) is 11.2. The van der Waals surface area contributed by atoms with E-state index >= 15 is 0 Å². The standard InChI is InChI=1S/C13H14ClNO4/c14-10-4-5-13(11(8-10)15(17)18)19-7-6-9-2-1-3-12(9)16/h4-5,8-9H,1-3,6-7H2. The van der Waals surface area contributed by atoms with Crippen molar-refractivity contribution in [2.45, 2.75) is 25.7 Å². The number of ketones is 1. The van der Waals surface area contributed by atoms with Crippen molar-refractivity contribution >= 4 is 23.1 Å². The molecule has 5 nitrogen and oxygen atoms in total. The highest BCUT2D eigenvalue weighted by Gasteiger charge is 2.24. The number of halogens is 1. The molecule has 0 N–H and O–H groups in total. The molecule has 0 heterocycles. The monoisotopic (exact) mass is 283 g/mol. The van der Waals surface area contributed by atoms with Gasteiger partial charge < -0.3 is 4.74 Å². The molecule has 19 heavy (non-hydrogen) atoms. The zero-order chi connectivity index (χ0) is 13.8. The first kappa shape index (κ1) is 13.8. The van der Waals surface area contributed by atoms with Crippen LogP contribution in [0.25, 0.3) is 0 Å². The highest BCUT2D eigenvalue weighted by molar-refractivity contribution is 6.30. The van der Waals surface area contributed by atoms with Crippen molar-refractivity contribution in [3.63, 3.8) is 0 Å². The van der Waals surface area contributed by atoms with E-state index in [1.807, 2.05) is 0 Å². The van der Waals surface area contributed by atoms with E-state index in [4.69, 9.17) is 16.3 Å². The van der Waals surface area contributed by atoms with Crippen LogP contribution in [0.1, 0.15) is 25.7 Å². The molecule has 1 aromatic rings. The van der Waals surface area contributed by atoms with Crippen LogP contribution in [-0.2, 0) is 4.79 Å². The fraction of sp³-hybridized carbons (Fsp3) is 0.462. The van der Waals surface area contributed by atoms with Gasteiger partial charge in [0, 0.05) is 23.4 Å². The van der Waals surface area contributed by atoms with Gasteiger partial charge in [0.2, 0.25) is 0 Å². The van der Waals surface area contributed by atoms with Crippen LogP contribution in [0.2, 0.25) is 5.02 Å². The van der Waals surface area contributed by atoms with Gasteiger partial charge >= 0.3 is 5.69 Å². The van der Waals surface area contributed by atoms with Crippen LogP contribution >= 0.6 is 11.6 Å². The highest BCUT2D eigenvalue weighted by Crippen LogP contribution is 2.31. The molecule has 0 bridgehead atoms. The molecule has 0 radical (unpaired) electrons. The second kappa shape index (κ2) is 6.02. The first-order chi connectivity index (χ1) is 9.08. The molecular weight excluding hydrogens is 270 g/mol. The van der Waals surface area contributed by atoms with Crippen LogP contribution in [0.4, 0.5) is 5.69 Å². The van der Waals surface area contributed by atoms with Crippen molar-refractivity contribution in [3.05, 3.63) is 33.3 Å². The van der Waals surface area contributed by atoms with Crippen molar-refractivity contribution in [1.82, 2.24) is 0 Å². The number of carbonyl (C=O) groups excluding carboxylic acids is 1. The average molecular weight is 284 g/mol. The lowest BCUT2D eigenvalue weighted by atomic mass is 10.0. The Labute approximate surface area is 115 Å². The number of hydrogen-bond acceptors (Lipinski definition) is 4. The van der Waals surface area contributed by atoms with Crippen LogP contribution in [0.15, 0.2) is 18.2 Å². The Morgan fingerprint density at radius 1 is 1.47 bits per heavy atom. The molecule has 1 aliphatic rings. The highest BCUT2D eigenvalue weighted by atomic mass is 35.5. The Morgan fingerprint density at radius 2 is 2.26 bits per heavy atom. The smallest absolute Gasteiger partial charge is 0.312 e. The maximum absolute atomic E-state index is 11.5. The van der Waals surface area contributed by atoms with Gasteiger partial charge in [-0.05, 0) is 31.4 Å². The van der Waals surface area contributed by atoms with Crippen LogP contribution in [-0.4, -0.2) is 17.3 Å². The van der Waals surface area contributed by atoms with Crippen molar-refractivity contribution in [3.8, 4) is 5.75 Å².